The summed E-state index contributed by atoms with van der Waals surface area (Å²) < 4.78 is 162. The van der Waals surface area contributed by atoms with Crippen LogP contribution in [0.2, 0.25) is 0 Å². The highest BCUT2D eigenvalue weighted by Crippen LogP contribution is 2.59. The molecule has 0 radical (unpaired) electrons. The Bertz CT molecular complexity index is 379. The molecule has 0 aliphatic carbocycles. The fraction of sp³-hybridized carbons (Fsp3) is 1.00. The molecule has 0 saturated carbocycles. The van der Waals surface area contributed by atoms with E-state index < -0.39 is 43.1 Å². The lowest BCUT2D eigenvalue weighted by molar-refractivity contribution is -0.472. The molecule has 14 heteroatoms. The summed E-state index contributed by atoms with van der Waals surface area (Å²) in [5.41, 5.74) is 0. The SMILES string of the molecule is COC(F)(C(F)(F)C(F)(F)F)C(F)(F)C(F)(F)C(F)(F)F. The summed E-state index contributed by atoms with van der Waals surface area (Å²) in [4.78, 5) is 0. The Morgan fingerprint density at radius 3 is 0.952 bits per heavy atom. The summed E-state index contributed by atoms with van der Waals surface area (Å²) in [5.74, 6) is -29.5. The van der Waals surface area contributed by atoms with Crippen LogP contribution >= 0.6 is 0 Å². The van der Waals surface area contributed by atoms with E-state index in [2.05, 4.69) is 4.74 Å². The lowest BCUT2D eigenvalue weighted by Gasteiger charge is -2.41. The van der Waals surface area contributed by atoms with E-state index in [1.807, 2.05) is 0 Å². The smallest absolute Gasteiger partial charge is 0.339 e. The Balaban J connectivity index is 6.30. The van der Waals surface area contributed by atoms with E-state index in [1.165, 1.54) is 0 Å². The quantitative estimate of drug-likeness (QED) is 0.686. The van der Waals surface area contributed by atoms with Gasteiger partial charge >= 0.3 is 36.0 Å². The third kappa shape index (κ3) is 2.50. The first-order valence-electron chi connectivity index (χ1n) is 4.32. The highest BCUT2D eigenvalue weighted by atomic mass is 19.4. The van der Waals surface area contributed by atoms with Gasteiger partial charge < -0.3 is 4.74 Å². The number of alkyl halides is 13. The van der Waals surface area contributed by atoms with E-state index in [9.17, 15) is 57.1 Å². The van der Waals surface area contributed by atoms with Gasteiger partial charge in [-0.25, -0.2) is 0 Å². The first-order chi connectivity index (χ1) is 8.81. The normalized spacial score (nSPS) is 18.6. The number of hydrogen-bond acceptors (Lipinski definition) is 1. The molecule has 0 bridgehead atoms. The molecule has 1 atom stereocenters. The molecular formula is C7H3F13O. The highest BCUT2D eigenvalue weighted by Gasteiger charge is 2.91. The molecule has 0 N–H and O–H groups in total. The largest absolute Gasteiger partial charge is 0.460 e. The van der Waals surface area contributed by atoms with Gasteiger partial charge in [-0.15, -0.1) is 0 Å². The maximum atomic E-state index is 13.2. The molecule has 128 valence electrons. The van der Waals surface area contributed by atoms with E-state index in [-0.39, 0.29) is 0 Å². The van der Waals surface area contributed by atoms with Gasteiger partial charge in [0.2, 0.25) is 0 Å². The average molecular weight is 350 g/mol. The molecule has 0 aliphatic rings. The molecule has 21 heavy (non-hydrogen) atoms. The van der Waals surface area contributed by atoms with Crippen molar-refractivity contribution >= 4 is 0 Å². The first kappa shape index (κ1) is 20.1. The molecule has 0 heterocycles. The van der Waals surface area contributed by atoms with Gasteiger partial charge in [-0.2, -0.15) is 57.1 Å². The minimum absolute atomic E-state index is 0.653. The Labute approximate surface area is 106 Å². The maximum absolute atomic E-state index is 13.2. The number of methoxy groups -OCH3 is 1. The van der Waals surface area contributed by atoms with Crippen LogP contribution in [0.1, 0.15) is 0 Å². The summed E-state index contributed by atoms with van der Waals surface area (Å²) in [5, 5.41) is 0. The van der Waals surface area contributed by atoms with E-state index in [0.29, 0.717) is 0 Å². The second-order valence-corrected chi connectivity index (χ2v) is 3.52. The van der Waals surface area contributed by atoms with E-state index >= 15 is 0 Å². The fourth-order valence-electron chi connectivity index (χ4n) is 1.02. The number of rotatable bonds is 4. The summed E-state index contributed by atoms with van der Waals surface area (Å²) in [6.45, 7) is 0. The van der Waals surface area contributed by atoms with Crippen molar-refractivity contribution in [2.45, 2.75) is 36.0 Å². The number of ether oxygens (including phenoxy) is 1. The minimum Gasteiger partial charge on any atom is -0.339 e. The fourth-order valence-corrected chi connectivity index (χ4v) is 1.02. The molecule has 0 aromatic heterocycles. The van der Waals surface area contributed by atoms with Crippen LogP contribution in [0.5, 0.6) is 0 Å². The average Bonchev–Trinajstić information content (AvgIpc) is 2.23. The number of hydrogen-bond donors (Lipinski definition) is 0. The van der Waals surface area contributed by atoms with Gasteiger partial charge in [-0.3, -0.25) is 0 Å². The predicted molar refractivity (Wildman–Crippen MR) is 37.8 cm³/mol. The minimum atomic E-state index is -7.59. The molecular weight excluding hydrogens is 347 g/mol. The predicted octanol–water partition coefficient (Wildman–Crippen LogP) is 4.33. The van der Waals surface area contributed by atoms with Gasteiger partial charge in [0.15, 0.2) is 0 Å². The van der Waals surface area contributed by atoms with Crippen LogP contribution in [0.4, 0.5) is 57.1 Å². The Morgan fingerprint density at radius 1 is 0.476 bits per heavy atom. The Morgan fingerprint density at radius 2 is 0.762 bits per heavy atom. The summed E-state index contributed by atoms with van der Waals surface area (Å²) >= 11 is 0. The third-order valence-corrected chi connectivity index (χ3v) is 2.20. The zero-order chi connectivity index (χ0) is 17.7. The summed E-state index contributed by atoms with van der Waals surface area (Å²) in [6, 6.07) is 0. The second kappa shape index (κ2) is 4.78. The zero-order valence-corrected chi connectivity index (χ0v) is 9.32. The number of halogens is 13. The van der Waals surface area contributed by atoms with Crippen molar-refractivity contribution in [1.82, 2.24) is 0 Å². The van der Waals surface area contributed by atoms with E-state index in [4.69, 9.17) is 0 Å². The summed E-state index contributed by atoms with van der Waals surface area (Å²) in [6.07, 6.45) is -14.6. The molecule has 0 aromatic rings. The van der Waals surface area contributed by atoms with Crippen molar-refractivity contribution in [3.8, 4) is 0 Å². The van der Waals surface area contributed by atoms with Crippen LogP contribution in [-0.2, 0) is 4.74 Å². The molecule has 0 amide bonds. The molecule has 0 fully saturated rings. The van der Waals surface area contributed by atoms with Crippen molar-refractivity contribution in [2.75, 3.05) is 7.11 Å². The topological polar surface area (TPSA) is 9.23 Å². The van der Waals surface area contributed by atoms with E-state index in [0.717, 1.165) is 0 Å². The van der Waals surface area contributed by atoms with Crippen LogP contribution in [0.25, 0.3) is 0 Å². The van der Waals surface area contributed by atoms with Crippen LogP contribution < -0.4 is 0 Å². The maximum Gasteiger partial charge on any atom is 0.460 e. The van der Waals surface area contributed by atoms with Crippen molar-refractivity contribution in [1.29, 1.82) is 0 Å². The van der Waals surface area contributed by atoms with Crippen LogP contribution in [0, 0.1) is 0 Å². The Hall–Kier alpha value is -0.950. The van der Waals surface area contributed by atoms with Gasteiger partial charge in [-0.05, 0) is 0 Å². The van der Waals surface area contributed by atoms with Gasteiger partial charge in [-0.1, -0.05) is 0 Å². The van der Waals surface area contributed by atoms with Gasteiger partial charge in [0.05, 0.1) is 0 Å². The molecule has 0 spiro atoms. The monoisotopic (exact) mass is 350 g/mol. The zero-order valence-electron chi connectivity index (χ0n) is 9.32. The van der Waals surface area contributed by atoms with Crippen LogP contribution in [0.3, 0.4) is 0 Å². The van der Waals surface area contributed by atoms with Crippen molar-refractivity contribution < 1.29 is 61.8 Å². The lowest BCUT2D eigenvalue weighted by Crippen LogP contribution is -2.72. The highest BCUT2D eigenvalue weighted by molar-refractivity contribution is 5.08. The van der Waals surface area contributed by atoms with Crippen LogP contribution in [-0.4, -0.2) is 43.1 Å². The molecule has 1 nitrogen and oxygen atoms in total. The lowest BCUT2D eigenvalue weighted by atomic mass is 9.96. The second-order valence-electron chi connectivity index (χ2n) is 3.52. The molecule has 0 aliphatic heterocycles. The first-order valence-corrected chi connectivity index (χ1v) is 4.32. The van der Waals surface area contributed by atoms with Gasteiger partial charge in [0, 0.05) is 7.11 Å². The van der Waals surface area contributed by atoms with Crippen LogP contribution in [0.15, 0.2) is 0 Å². The van der Waals surface area contributed by atoms with E-state index in [1.54, 1.807) is 0 Å². The molecule has 0 aromatic carbocycles. The standard InChI is InChI=1S/C7H3F13O/c1-21-5(14,4(12,13)7(18,19)20)2(8,9)3(10,11)6(15,16)17/h1H3. The summed E-state index contributed by atoms with van der Waals surface area (Å²) in [7, 11) is -0.653. The van der Waals surface area contributed by atoms with Crippen molar-refractivity contribution in [3.63, 3.8) is 0 Å². The van der Waals surface area contributed by atoms with Crippen molar-refractivity contribution in [3.05, 3.63) is 0 Å². The molecule has 0 rings (SSSR count). The van der Waals surface area contributed by atoms with Gasteiger partial charge in [0.25, 0.3) is 0 Å². The third-order valence-electron chi connectivity index (χ3n) is 2.20. The van der Waals surface area contributed by atoms with Crippen molar-refractivity contribution in [2.24, 2.45) is 0 Å². The van der Waals surface area contributed by atoms with Gasteiger partial charge in [0.1, 0.15) is 0 Å². The molecule has 1 unspecified atom stereocenters. The molecule has 0 saturated heterocycles. The Kier molecular flexibility index (Phi) is 4.56.